The number of ether oxygens (including phenoxy) is 1. The molecule has 5 heterocycles. The van der Waals surface area contributed by atoms with Crippen molar-refractivity contribution >= 4 is 22.8 Å². The van der Waals surface area contributed by atoms with Crippen molar-refractivity contribution in [3.8, 4) is 28.4 Å². The largest absolute Gasteiger partial charge is 0.507 e. The first kappa shape index (κ1) is 26.4. The van der Waals surface area contributed by atoms with Crippen LogP contribution in [0, 0.1) is 12.7 Å². The van der Waals surface area contributed by atoms with Gasteiger partial charge in [-0.1, -0.05) is 26.5 Å². The third-order valence-corrected chi connectivity index (χ3v) is 7.64. The number of carbonyl (C=O) groups is 1. The van der Waals surface area contributed by atoms with E-state index in [9.17, 15) is 14.7 Å². The summed E-state index contributed by atoms with van der Waals surface area (Å²) < 4.78 is 22.8. The topological polar surface area (TPSA) is 114 Å². The summed E-state index contributed by atoms with van der Waals surface area (Å²) in [5.41, 5.74) is 1.63. The van der Waals surface area contributed by atoms with Crippen molar-refractivity contribution in [3.05, 3.63) is 76.7 Å². The number of benzene rings is 1. The zero-order valence-electron chi connectivity index (χ0n) is 23.0. The van der Waals surface area contributed by atoms with Gasteiger partial charge in [-0.15, -0.1) is 0 Å². The maximum Gasteiger partial charge on any atom is 0.355 e. The highest BCUT2D eigenvalue weighted by atomic mass is 19.1. The number of nitrogens with zero attached hydrogens (tertiary/aromatic N) is 6. The zero-order valence-corrected chi connectivity index (χ0v) is 23.0. The number of phenolic OH excluding ortho intramolecular Hbond substituents is 1. The molecule has 4 aromatic rings. The van der Waals surface area contributed by atoms with E-state index < -0.39 is 11.5 Å². The van der Waals surface area contributed by atoms with E-state index in [1.807, 2.05) is 25.7 Å². The smallest absolute Gasteiger partial charge is 0.355 e. The number of aromatic hydroxyl groups is 1. The Labute approximate surface area is 235 Å². The maximum atomic E-state index is 15.1. The first-order valence-corrected chi connectivity index (χ1v) is 13.4. The van der Waals surface area contributed by atoms with Crippen LogP contribution in [0.4, 0.5) is 10.2 Å². The predicted octanol–water partition coefficient (Wildman–Crippen LogP) is 3.71. The summed E-state index contributed by atoms with van der Waals surface area (Å²) in [6, 6.07) is 7.08. The monoisotopic (exact) mass is 556 g/mol. The molecule has 0 aliphatic carbocycles. The van der Waals surface area contributed by atoms with Crippen LogP contribution in [0.15, 0.2) is 54.0 Å². The third-order valence-electron chi connectivity index (χ3n) is 7.64. The zero-order chi connectivity index (χ0) is 29.0. The Balaban J connectivity index is 1.68. The summed E-state index contributed by atoms with van der Waals surface area (Å²) in [5, 5.41) is 11.1. The number of phenols is 1. The van der Waals surface area contributed by atoms with E-state index >= 15 is 4.39 Å². The van der Waals surface area contributed by atoms with Crippen LogP contribution >= 0.6 is 0 Å². The number of pyridine rings is 2. The molecule has 11 heteroatoms. The van der Waals surface area contributed by atoms with Crippen molar-refractivity contribution in [1.29, 1.82) is 0 Å². The average Bonchev–Trinajstić information content (AvgIpc) is 3.10. The number of rotatable bonds is 4. The van der Waals surface area contributed by atoms with Crippen LogP contribution in [0.2, 0.25) is 0 Å². The molecule has 0 spiro atoms. The number of amides is 1. The van der Waals surface area contributed by atoms with Gasteiger partial charge in [-0.05, 0) is 42.7 Å². The number of fused-ring (bicyclic) bond motifs is 2. The lowest BCUT2D eigenvalue weighted by atomic mass is 10.0. The number of piperazine rings is 1. The van der Waals surface area contributed by atoms with Crippen molar-refractivity contribution in [2.45, 2.75) is 32.7 Å². The number of hydrogen-bond donors (Lipinski definition) is 1. The van der Waals surface area contributed by atoms with E-state index in [1.54, 1.807) is 23.2 Å². The van der Waals surface area contributed by atoms with Gasteiger partial charge < -0.3 is 19.6 Å². The second-order valence-corrected chi connectivity index (χ2v) is 10.6. The number of aromatic nitrogens is 4. The highest BCUT2D eigenvalue weighted by molar-refractivity contribution is 5.97. The van der Waals surface area contributed by atoms with Gasteiger partial charge in [0.25, 0.3) is 0 Å². The highest BCUT2D eigenvalue weighted by Gasteiger charge is 2.36. The lowest BCUT2D eigenvalue weighted by molar-refractivity contribution is -0.126. The van der Waals surface area contributed by atoms with E-state index in [1.165, 1.54) is 28.8 Å². The SMILES string of the molecule is C=CC(=O)N1CCN2c3nc(=O)n(-c4c(C)ccnc4C(C)C)c4nc(-c5c(O)cccc5F)cc(c34)OCC2C1. The Morgan fingerprint density at radius 3 is 2.78 bits per heavy atom. The molecule has 41 heavy (non-hydrogen) atoms. The van der Waals surface area contributed by atoms with Gasteiger partial charge in [0.1, 0.15) is 35.1 Å². The lowest BCUT2D eigenvalue weighted by Crippen LogP contribution is -2.56. The molecule has 1 atom stereocenters. The first-order chi connectivity index (χ1) is 19.7. The highest BCUT2D eigenvalue weighted by Crippen LogP contribution is 2.41. The Morgan fingerprint density at radius 1 is 1.24 bits per heavy atom. The quantitative estimate of drug-likeness (QED) is 0.379. The molecule has 1 saturated heterocycles. The van der Waals surface area contributed by atoms with Crippen molar-refractivity contribution in [2.24, 2.45) is 0 Å². The van der Waals surface area contributed by atoms with Crippen LogP contribution < -0.4 is 15.3 Å². The van der Waals surface area contributed by atoms with Crippen LogP contribution in [-0.2, 0) is 4.79 Å². The Morgan fingerprint density at radius 2 is 2.05 bits per heavy atom. The standard InChI is InChI=1S/C30H29FN6O4/c1-5-23(39)35-11-12-36-18(14-35)15-41-22-13-20(24-19(31)7-6-8-21(24)38)33-29-25(22)28(36)34-30(40)37(29)27-17(4)9-10-32-26(27)16(2)3/h5-10,13,16,18,38H,1,11-12,14-15H2,2-4H3. The summed E-state index contributed by atoms with van der Waals surface area (Å²) in [7, 11) is 0. The van der Waals surface area contributed by atoms with Crippen LogP contribution in [0.3, 0.4) is 0 Å². The van der Waals surface area contributed by atoms with Gasteiger partial charge in [-0.3, -0.25) is 9.78 Å². The van der Waals surface area contributed by atoms with Gasteiger partial charge in [-0.2, -0.15) is 4.98 Å². The molecular weight excluding hydrogens is 527 g/mol. The summed E-state index contributed by atoms with van der Waals surface area (Å²) >= 11 is 0. The molecule has 2 aliphatic rings. The van der Waals surface area contributed by atoms with Gasteiger partial charge in [-0.25, -0.2) is 18.7 Å². The summed E-state index contributed by atoms with van der Waals surface area (Å²) in [5.74, 6) is -0.459. The molecule has 3 aromatic heterocycles. The lowest BCUT2D eigenvalue weighted by Gasteiger charge is -2.40. The second kappa shape index (κ2) is 9.99. The molecule has 6 rings (SSSR count). The molecule has 0 radical (unpaired) electrons. The molecule has 10 nitrogen and oxygen atoms in total. The van der Waals surface area contributed by atoms with Crippen molar-refractivity contribution in [1.82, 2.24) is 24.4 Å². The number of anilines is 1. The van der Waals surface area contributed by atoms with E-state index in [4.69, 9.17) is 9.72 Å². The molecule has 1 amide bonds. The normalized spacial score (nSPS) is 16.4. The van der Waals surface area contributed by atoms with E-state index in [-0.39, 0.29) is 47.1 Å². The maximum absolute atomic E-state index is 15.1. The fraction of sp³-hybridized carbons (Fsp3) is 0.300. The van der Waals surface area contributed by atoms with Gasteiger partial charge in [0.2, 0.25) is 5.91 Å². The molecule has 1 unspecified atom stereocenters. The van der Waals surface area contributed by atoms with Crippen LogP contribution in [0.25, 0.3) is 28.0 Å². The average molecular weight is 557 g/mol. The Hall–Kier alpha value is -4.80. The summed E-state index contributed by atoms with van der Waals surface area (Å²) in [6.07, 6.45) is 2.97. The molecule has 210 valence electrons. The van der Waals surface area contributed by atoms with Gasteiger partial charge in [0.05, 0.1) is 28.7 Å². The first-order valence-electron chi connectivity index (χ1n) is 13.4. The molecule has 1 aromatic carbocycles. The summed E-state index contributed by atoms with van der Waals surface area (Å²) in [4.78, 5) is 43.9. The molecular formula is C30H29FN6O4. The molecule has 0 saturated carbocycles. The van der Waals surface area contributed by atoms with Crippen LogP contribution in [0.5, 0.6) is 11.5 Å². The number of carbonyl (C=O) groups excluding carboxylic acids is 1. The number of hydrogen-bond acceptors (Lipinski definition) is 8. The van der Waals surface area contributed by atoms with Crippen LogP contribution in [0.1, 0.15) is 31.0 Å². The third kappa shape index (κ3) is 4.28. The van der Waals surface area contributed by atoms with Crippen molar-refractivity contribution in [2.75, 3.05) is 31.1 Å². The Bertz CT molecular complexity index is 1770. The minimum absolute atomic E-state index is 0.0309. The van der Waals surface area contributed by atoms with Gasteiger partial charge in [0.15, 0.2) is 5.65 Å². The van der Waals surface area contributed by atoms with Gasteiger partial charge >= 0.3 is 5.69 Å². The fourth-order valence-electron chi connectivity index (χ4n) is 5.66. The fourth-order valence-corrected chi connectivity index (χ4v) is 5.66. The van der Waals surface area contributed by atoms with E-state index in [2.05, 4.69) is 16.5 Å². The van der Waals surface area contributed by atoms with Crippen molar-refractivity contribution < 1.29 is 19.0 Å². The predicted molar refractivity (Wildman–Crippen MR) is 152 cm³/mol. The van der Waals surface area contributed by atoms with Crippen molar-refractivity contribution in [3.63, 3.8) is 0 Å². The Kier molecular flexibility index (Phi) is 6.44. The minimum Gasteiger partial charge on any atom is -0.507 e. The number of halogens is 1. The van der Waals surface area contributed by atoms with E-state index in [0.29, 0.717) is 48.0 Å². The summed E-state index contributed by atoms with van der Waals surface area (Å²) in [6.45, 7) is 10.8. The second-order valence-electron chi connectivity index (χ2n) is 10.6. The van der Waals surface area contributed by atoms with E-state index in [0.717, 1.165) is 5.56 Å². The number of aryl methyl sites for hydroxylation is 1. The van der Waals surface area contributed by atoms with Gasteiger partial charge in [0, 0.05) is 31.9 Å². The minimum atomic E-state index is -0.669. The van der Waals surface area contributed by atoms with Crippen LogP contribution in [-0.4, -0.2) is 67.7 Å². The molecule has 1 fully saturated rings. The molecule has 2 aliphatic heterocycles. The molecule has 1 N–H and O–H groups in total. The molecule has 0 bridgehead atoms.